The van der Waals surface area contributed by atoms with Gasteiger partial charge in [0, 0.05) is 17.5 Å². The molecule has 1 saturated heterocycles. The summed E-state index contributed by atoms with van der Waals surface area (Å²) >= 11 is 0. The summed E-state index contributed by atoms with van der Waals surface area (Å²) in [6.07, 6.45) is 0.277. The Hall–Kier alpha value is -2.12. The monoisotopic (exact) mass is 292 g/mol. The summed E-state index contributed by atoms with van der Waals surface area (Å²) in [5.74, 6) is 5.11. The third kappa shape index (κ3) is 1.75. The molecule has 110 valence electrons. The Morgan fingerprint density at radius 1 is 0.909 bits per heavy atom. The summed E-state index contributed by atoms with van der Waals surface area (Å²) < 4.78 is 11.6. The van der Waals surface area contributed by atoms with Gasteiger partial charge in [-0.25, -0.2) is 0 Å². The van der Waals surface area contributed by atoms with Crippen LogP contribution < -0.4 is 0 Å². The van der Waals surface area contributed by atoms with Crippen LogP contribution in [-0.2, 0) is 20.9 Å². The van der Waals surface area contributed by atoms with Crippen molar-refractivity contribution in [3.63, 3.8) is 0 Å². The molecule has 0 radical (unpaired) electrons. The number of fused-ring (bicyclic) bond motifs is 2. The Kier molecular flexibility index (Phi) is 3.05. The minimum atomic E-state index is -1.21. The van der Waals surface area contributed by atoms with Gasteiger partial charge in [-0.2, -0.15) is 0 Å². The van der Waals surface area contributed by atoms with Gasteiger partial charge in [-0.3, -0.25) is 0 Å². The highest BCUT2D eigenvalue weighted by Gasteiger charge is 2.66. The zero-order valence-corrected chi connectivity index (χ0v) is 12.1. The second kappa shape index (κ2) is 4.96. The molecule has 22 heavy (non-hydrogen) atoms. The molecule has 2 aromatic rings. The van der Waals surface area contributed by atoms with Gasteiger partial charge < -0.3 is 14.6 Å². The van der Waals surface area contributed by atoms with E-state index >= 15 is 0 Å². The summed E-state index contributed by atoms with van der Waals surface area (Å²) in [5.41, 5.74) is 1.48. The molecule has 0 unspecified atom stereocenters. The fraction of sp³-hybridized carbons (Fsp3) is 0.263. The number of ether oxygens (including phenoxy) is 2. The van der Waals surface area contributed by atoms with Gasteiger partial charge >= 0.3 is 0 Å². The zero-order chi connectivity index (χ0) is 15.0. The van der Waals surface area contributed by atoms with Gasteiger partial charge in [0.15, 0.2) is 5.60 Å². The lowest BCUT2D eigenvalue weighted by molar-refractivity contribution is -0.309. The lowest BCUT2D eigenvalue weighted by Crippen LogP contribution is -2.59. The van der Waals surface area contributed by atoms with Crippen LogP contribution in [0.15, 0.2) is 54.6 Å². The Morgan fingerprint density at radius 2 is 1.55 bits per heavy atom. The smallest absolute Gasteiger partial charge is 0.230 e. The molecule has 1 heterocycles. The van der Waals surface area contributed by atoms with Crippen LogP contribution in [0.1, 0.15) is 23.1 Å². The molecule has 3 nitrogen and oxygen atoms in total. The topological polar surface area (TPSA) is 38.7 Å². The molecule has 1 spiro atoms. The van der Waals surface area contributed by atoms with Crippen LogP contribution in [0, 0.1) is 11.8 Å². The van der Waals surface area contributed by atoms with E-state index in [1.54, 1.807) is 0 Å². The average Bonchev–Trinajstić information content (AvgIpc) is 3.08. The molecule has 3 heteroatoms. The number of hydrogen-bond donors (Lipinski definition) is 1. The van der Waals surface area contributed by atoms with Gasteiger partial charge in [0.2, 0.25) is 5.79 Å². The predicted molar refractivity (Wildman–Crippen MR) is 81.9 cm³/mol. The van der Waals surface area contributed by atoms with E-state index in [4.69, 9.17) is 9.47 Å². The quantitative estimate of drug-likeness (QED) is 0.821. The SMILES string of the molecule is O[C@@]1(CC#Cc2ccccc2)c2ccccc2C12OCCO2. The molecule has 4 rings (SSSR count). The highest BCUT2D eigenvalue weighted by Crippen LogP contribution is 2.59. The van der Waals surface area contributed by atoms with Crippen LogP contribution in [0.4, 0.5) is 0 Å². The van der Waals surface area contributed by atoms with Crippen molar-refractivity contribution in [1.82, 2.24) is 0 Å². The molecule has 0 amide bonds. The first kappa shape index (κ1) is 13.5. The largest absolute Gasteiger partial charge is 0.378 e. The van der Waals surface area contributed by atoms with E-state index in [1.807, 2.05) is 54.6 Å². The second-order valence-corrected chi connectivity index (χ2v) is 5.56. The van der Waals surface area contributed by atoms with Crippen LogP contribution in [0.25, 0.3) is 0 Å². The number of hydrogen-bond acceptors (Lipinski definition) is 3. The molecule has 2 aliphatic rings. The maximum Gasteiger partial charge on any atom is 0.230 e. The van der Waals surface area contributed by atoms with E-state index in [9.17, 15) is 5.11 Å². The van der Waals surface area contributed by atoms with E-state index in [0.717, 1.165) is 16.7 Å². The van der Waals surface area contributed by atoms with E-state index < -0.39 is 11.4 Å². The average molecular weight is 292 g/mol. The summed E-state index contributed by atoms with van der Waals surface area (Å²) in [5, 5.41) is 11.1. The van der Waals surface area contributed by atoms with Crippen molar-refractivity contribution in [2.45, 2.75) is 17.8 Å². The predicted octanol–water partition coefficient (Wildman–Crippen LogP) is 2.53. The van der Waals surface area contributed by atoms with Crippen molar-refractivity contribution in [1.29, 1.82) is 0 Å². The van der Waals surface area contributed by atoms with Crippen molar-refractivity contribution in [3.8, 4) is 11.8 Å². The Morgan fingerprint density at radius 3 is 2.27 bits per heavy atom. The van der Waals surface area contributed by atoms with Crippen molar-refractivity contribution >= 4 is 0 Å². The van der Waals surface area contributed by atoms with E-state index in [1.165, 1.54) is 0 Å². The van der Waals surface area contributed by atoms with Crippen molar-refractivity contribution in [2.75, 3.05) is 13.2 Å². The van der Waals surface area contributed by atoms with E-state index in [2.05, 4.69) is 11.8 Å². The number of aliphatic hydroxyl groups is 1. The van der Waals surface area contributed by atoms with Gasteiger partial charge in [-0.15, -0.1) is 0 Å². The van der Waals surface area contributed by atoms with Crippen LogP contribution in [0.2, 0.25) is 0 Å². The molecule has 0 aromatic heterocycles. The summed E-state index contributed by atoms with van der Waals surface area (Å²) in [7, 11) is 0. The Bertz CT molecular complexity index is 751. The highest BCUT2D eigenvalue weighted by molar-refractivity contribution is 5.50. The highest BCUT2D eigenvalue weighted by atomic mass is 16.8. The minimum absolute atomic E-state index is 0.277. The van der Waals surface area contributed by atoms with Gasteiger partial charge in [-0.1, -0.05) is 54.3 Å². The summed E-state index contributed by atoms with van der Waals surface area (Å²) in [4.78, 5) is 0. The van der Waals surface area contributed by atoms with Crippen molar-refractivity contribution in [3.05, 3.63) is 71.3 Å². The zero-order valence-electron chi connectivity index (χ0n) is 12.1. The molecular weight excluding hydrogens is 276 g/mol. The third-order valence-electron chi connectivity index (χ3n) is 4.32. The minimum Gasteiger partial charge on any atom is -0.378 e. The normalized spacial score (nSPS) is 24.2. The number of rotatable bonds is 1. The maximum absolute atomic E-state index is 11.1. The molecule has 0 bridgehead atoms. The summed E-state index contributed by atoms with van der Waals surface area (Å²) in [6, 6.07) is 17.4. The molecule has 2 aromatic carbocycles. The molecule has 1 fully saturated rings. The lowest BCUT2D eigenvalue weighted by Gasteiger charge is -2.52. The molecule has 1 N–H and O–H groups in total. The second-order valence-electron chi connectivity index (χ2n) is 5.56. The molecule has 1 aliphatic carbocycles. The standard InChI is InChI=1S/C19H16O3/c20-18(12-6-9-15-7-2-1-3-8-15)16-10-4-5-11-17(16)19(18)21-13-14-22-19/h1-5,7-8,10-11,20H,12-14H2/t18-/m0/s1. The van der Waals surface area contributed by atoms with Crippen LogP contribution in [-0.4, -0.2) is 18.3 Å². The van der Waals surface area contributed by atoms with Gasteiger partial charge in [0.25, 0.3) is 0 Å². The maximum atomic E-state index is 11.1. The molecule has 1 atom stereocenters. The summed E-state index contributed by atoms with van der Waals surface area (Å²) in [6.45, 7) is 0.978. The van der Waals surface area contributed by atoms with Gasteiger partial charge in [0.1, 0.15) is 0 Å². The van der Waals surface area contributed by atoms with Gasteiger partial charge in [-0.05, 0) is 17.7 Å². The number of benzene rings is 2. The van der Waals surface area contributed by atoms with Crippen LogP contribution in [0.3, 0.4) is 0 Å². The lowest BCUT2D eigenvalue weighted by atomic mass is 9.66. The fourth-order valence-electron chi connectivity index (χ4n) is 3.28. The molecule has 0 saturated carbocycles. The van der Waals surface area contributed by atoms with Gasteiger partial charge in [0.05, 0.1) is 13.2 Å². The molecule has 1 aliphatic heterocycles. The van der Waals surface area contributed by atoms with Crippen LogP contribution in [0.5, 0.6) is 0 Å². The molecular formula is C19H16O3. The fourth-order valence-corrected chi connectivity index (χ4v) is 3.28. The van der Waals surface area contributed by atoms with E-state index in [-0.39, 0.29) is 6.42 Å². The van der Waals surface area contributed by atoms with Crippen molar-refractivity contribution in [2.24, 2.45) is 0 Å². The van der Waals surface area contributed by atoms with E-state index in [0.29, 0.717) is 13.2 Å². The third-order valence-corrected chi connectivity index (χ3v) is 4.32. The first-order valence-corrected chi connectivity index (χ1v) is 7.40. The first-order chi connectivity index (χ1) is 10.8. The first-order valence-electron chi connectivity index (χ1n) is 7.40. The Labute approximate surface area is 129 Å². The Balaban J connectivity index is 1.67. The van der Waals surface area contributed by atoms with Crippen molar-refractivity contribution < 1.29 is 14.6 Å². The van der Waals surface area contributed by atoms with Crippen LogP contribution >= 0.6 is 0 Å².